The van der Waals surface area contributed by atoms with Gasteiger partial charge in [-0.1, -0.05) is 34.8 Å². The highest BCUT2D eigenvalue weighted by atomic mass is 79.9. The molecule has 0 aromatic carbocycles. The molecule has 0 amide bonds. The zero-order chi connectivity index (χ0) is 7.89. The maximum atomic E-state index is 5.75. The molecule has 0 aliphatic rings. The second-order valence-electron chi connectivity index (χ2n) is 1.77. The van der Waals surface area contributed by atoms with Gasteiger partial charge in [0.05, 0.1) is 9.50 Å². The van der Waals surface area contributed by atoms with Gasteiger partial charge in [0.1, 0.15) is 10.3 Å². The average Bonchev–Trinajstić information content (AvgIpc) is 2.07. The van der Waals surface area contributed by atoms with E-state index < -0.39 is 0 Å². The van der Waals surface area contributed by atoms with E-state index in [0.717, 1.165) is 0 Å². The highest BCUT2D eigenvalue weighted by molar-refractivity contribution is 9.10. The first-order chi connectivity index (χ1) is 4.55. The van der Waals surface area contributed by atoms with Gasteiger partial charge < -0.3 is 4.57 Å². The lowest BCUT2D eigenvalue weighted by Gasteiger charge is -1.93. The van der Waals surface area contributed by atoms with Crippen LogP contribution in [0.15, 0.2) is 4.47 Å². The first kappa shape index (κ1) is 8.72. The highest BCUT2D eigenvalue weighted by Crippen LogP contribution is 2.37. The Morgan fingerprint density at radius 3 is 1.80 bits per heavy atom. The van der Waals surface area contributed by atoms with Crippen LogP contribution < -0.4 is 0 Å². The molecule has 1 aromatic rings. The Balaban J connectivity index is 3.44. The van der Waals surface area contributed by atoms with Crippen LogP contribution in [-0.2, 0) is 7.05 Å². The van der Waals surface area contributed by atoms with Crippen LogP contribution in [0.4, 0.5) is 0 Å². The lowest BCUT2D eigenvalue weighted by Crippen LogP contribution is -1.84. The zero-order valence-corrected chi connectivity index (χ0v) is 8.81. The first-order valence-electron chi connectivity index (χ1n) is 2.40. The smallest absolute Gasteiger partial charge is 0.129 e. The predicted octanol–water partition coefficient (Wildman–Crippen LogP) is 3.75. The molecule has 56 valence electrons. The molecule has 0 fully saturated rings. The quantitative estimate of drug-likeness (QED) is 0.672. The van der Waals surface area contributed by atoms with E-state index in [4.69, 9.17) is 34.8 Å². The molecule has 1 rings (SSSR count). The maximum absolute atomic E-state index is 5.75. The minimum absolute atomic E-state index is 0.443. The van der Waals surface area contributed by atoms with Crippen LogP contribution in [0.3, 0.4) is 0 Å². The third-order valence-corrected chi connectivity index (χ3v) is 3.72. The maximum Gasteiger partial charge on any atom is 0.129 e. The molecule has 0 saturated heterocycles. The van der Waals surface area contributed by atoms with Crippen LogP contribution in [0.2, 0.25) is 15.3 Å². The van der Waals surface area contributed by atoms with Gasteiger partial charge in [-0.2, -0.15) is 0 Å². The molecule has 1 aromatic heterocycles. The SMILES string of the molecule is Cn1c(Cl)c(Cl)c(Br)c1Cl. The molecular formula is C5H3BrCl3N. The average molecular weight is 263 g/mol. The van der Waals surface area contributed by atoms with E-state index in [9.17, 15) is 0 Å². The van der Waals surface area contributed by atoms with Crippen molar-refractivity contribution in [3.63, 3.8) is 0 Å². The molecule has 0 N–H and O–H groups in total. The van der Waals surface area contributed by atoms with E-state index in [1.54, 1.807) is 11.6 Å². The Hall–Kier alpha value is 0.630. The number of nitrogens with zero attached hydrogens (tertiary/aromatic N) is 1. The first-order valence-corrected chi connectivity index (χ1v) is 4.33. The standard InChI is InChI=1S/C5H3BrCl3N/c1-10-4(8)2(6)3(7)5(10)9/h1H3. The Kier molecular flexibility index (Phi) is 2.56. The van der Waals surface area contributed by atoms with Crippen molar-refractivity contribution in [1.82, 2.24) is 4.57 Å². The molecular weight excluding hydrogens is 260 g/mol. The van der Waals surface area contributed by atoms with E-state index in [1.165, 1.54) is 0 Å². The summed E-state index contributed by atoms with van der Waals surface area (Å²) in [5.41, 5.74) is 0. The van der Waals surface area contributed by atoms with Crippen molar-refractivity contribution in [3.8, 4) is 0 Å². The number of halogens is 4. The van der Waals surface area contributed by atoms with Crippen molar-refractivity contribution in [3.05, 3.63) is 19.8 Å². The van der Waals surface area contributed by atoms with Crippen molar-refractivity contribution in [2.45, 2.75) is 0 Å². The molecule has 0 aliphatic carbocycles. The summed E-state index contributed by atoms with van der Waals surface area (Å²) in [6.07, 6.45) is 0. The normalized spacial score (nSPS) is 10.5. The van der Waals surface area contributed by atoms with Gasteiger partial charge in [-0.3, -0.25) is 0 Å². The largest absolute Gasteiger partial charge is 0.324 e. The number of hydrogen-bond donors (Lipinski definition) is 0. The predicted molar refractivity (Wildman–Crippen MR) is 48.1 cm³/mol. The molecule has 0 bridgehead atoms. The van der Waals surface area contributed by atoms with Crippen LogP contribution in [-0.4, -0.2) is 4.57 Å². The van der Waals surface area contributed by atoms with Crippen LogP contribution in [0.1, 0.15) is 0 Å². The van der Waals surface area contributed by atoms with Gasteiger partial charge in [0.15, 0.2) is 0 Å². The van der Waals surface area contributed by atoms with E-state index in [0.29, 0.717) is 19.8 Å². The van der Waals surface area contributed by atoms with Gasteiger partial charge in [0.2, 0.25) is 0 Å². The molecule has 10 heavy (non-hydrogen) atoms. The van der Waals surface area contributed by atoms with Gasteiger partial charge in [-0.25, -0.2) is 0 Å². The molecule has 0 aliphatic heterocycles. The molecule has 1 nitrogen and oxygen atoms in total. The molecule has 0 unspecified atom stereocenters. The van der Waals surface area contributed by atoms with Crippen molar-refractivity contribution < 1.29 is 0 Å². The number of hydrogen-bond acceptors (Lipinski definition) is 0. The van der Waals surface area contributed by atoms with Gasteiger partial charge >= 0.3 is 0 Å². The third kappa shape index (κ3) is 1.18. The summed E-state index contributed by atoms with van der Waals surface area (Å²) in [6.45, 7) is 0. The summed E-state index contributed by atoms with van der Waals surface area (Å²) in [5, 5.41) is 1.41. The van der Waals surface area contributed by atoms with E-state index in [2.05, 4.69) is 15.9 Å². The lowest BCUT2D eigenvalue weighted by atomic mass is 10.7. The Morgan fingerprint density at radius 2 is 1.70 bits per heavy atom. The summed E-state index contributed by atoms with van der Waals surface area (Å²) >= 11 is 20.4. The van der Waals surface area contributed by atoms with Crippen LogP contribution in [0.5, 0.6) is 0 Å². The van der Waals surface area contributed by atoms with Gasteiger partial charge in [-0.15, -0.1) is 0 Å². The van der Waals surface area contributed by atoms with Crippen molar-refractivity contribution in [1.29, 1.82) is 0 Å². The fraction of sp³-hybridized carbons (Fsp3) is 0.200. The Labute approximate surface area is 82.0 Å². The fourth-order valence-electron chi connectivity index (χ4n) is 0.562. The van der Waals surface area contributed by atoms with Gasteiger partial charge in [-0.05, 0) is 15.9 Å². The van der Waals surface area contributed by atoms with Crippen molar-refractivity contribution >= 4 is 50.7 Å². The Bertz CT molecular complexity index is 188. The third-order valence-electron chi connectivity index (χ3n) is 1.14. The lowest BCUT2D eigenvalue weighted by molar-refractivity contribution is 0.928. The van der Waals surface area contributed by atoms with Crippen LogP contribution in [0.25, 0.3) is 0 Å². The van der Waals surface area contributed by atoms with Crippen LogP contribution in [0, 0.1) is 0 Å². The van der Waals surface area contributed by atoms with Crippen molar-refractivity contribution in [2.75, 3.05) is 0 Å². The second-order valence-corrected chi connectivity index (χ2v) is 3.66. The van der Waals surface area contributed by atoms with Gasteiger partial charge in [0, 0.05) is 7.05 Å². The van der Waals surface area contributed by atoms with Crippen molar-refractivity contribution in [2.24, 2.45) is 7.05 Å². The van der Waals surface area contributed by atoms with E-state index >= 15 is 0 Å². The van der Waals surface area contributed by atoms with E-state index in [-0.39, 0.29) is 0 Å². The number of rotatable bonds is 0. The number of aromatic nitrogens is 1. The zero-order valence-electron chi connectivity index (χ0n) is 4.96. The van der Waals surface area contributed by atoms with E-state index in [1.807, 2.05) is 0 Å². The molecule has 1 heterocycles. The minimum atomic E-state index is 0.443. The summed E-state index contributed by atoms with van der Waals surface area (Å²) < 4.78 is 2.23. The summed E-state index contributed by atoms with van der Waals surface area (Å²) in [7, 11) is 1.74. The molecule has 5 heteroatoms. The highest BCUT2D eigenvalue weighted by Gasteiger charge is 2.13. The van der Waals surface area contributed by atoms with Crippen LogP contribution >= 0.6 is 50.7 Å². The topological polar surface area (TPSA) is 4.93 Å². The second kappa shape index (κ2) is 2.94. The summed E-state index contributed by atoms with van der Waals surface area (Å²) in [5.74, 6) is 0. The Morgan fingerprint density at radius 1 is 1.20 bits per heavy atom. The summed E-state index contributed by atoms with van der Waals surface area (Å²) in [4.78, 5) is 0. The summed E-state index contributed by atoms with van der Waals surface area (Å²) in [6, 6.07) is 0. The monoisotopic (exact) mass is 261 g/mol. The molecule has 0 atom stereocenters. The minimum Gasteiger partial charge on any atom is -0.324 e. The van der Waals surface area contributed by atoms with Gasteiger partial charge in [0.25, 0.3) is 0 Å². The fourth-order valence-corrected chi connectivity index (χ4v) is 1.80. The molecule has 0 spiro atoms. The molecule has 0 radical (unpaired) electrons. The molecule has 0 saturated carbocycles.